The highest BCUT2D eigenvalue weighted by atomic mass is 16.5. The highest BCUT2D eigenvalue weighted by Crippen LogP contribution is 2.26. The molecule has 0 aliphatic carbocycles. The Labute approximate surface area is 114 Å². The number of hydrogen-bond donors (Lipinski definition) is 1. The highest BCUT2D eigenvalue weighted by Gasteiger charge is 2.07. The van der Waals surface area contributed by atoms with E-state index in [1.54, 1.807) is 12.1 Å². The molecule has 0 saturated carbocycles. The van der Waals surface area contributed by atoms with Crippen LogP contribution in [0.25, 0.3) is 10.9 Å². The first kappa shape index (κ1) is 12.1. The number of carboxylic acids is 1. The largest absolute Gasteiger partial charge is 0.478 e. The second kappa shape index (κ2) is 4.97. The van der Waals surface area contributed by atoms with Crippen LogP contribution in [0.3, 0.4) is 0 Å². The summed E-state index contributed by atoms with van der Waals surface area (Å²) in [6.07, 6.45) is 1.43. The van der Waals surface area contributed by atoms with Crippen LogP contribution in [0.5, 0.6) is 11.6 Å². The number of fused-ring (bicyclic) bond motifs is 1. The van der Waals surface area contributed by atoms with Crippen LogP contribution in [0.15, 0.2) is 54.9 Å². The molecule has 0 atom stereocenters. The molecule has 0 bridgehead atoms. The van der Waals surface area contributed by atoms with Crippen LogP contribution >= 0.6 is 0 Å². The van der Waals surface area contributed by atoms with Gasteiger partial charge in [-0.25, -0.2) is 14.8 Å². The van der Waals surface area contributed by atoms with Gasteiger partial charge in [0.25, 0.3) is 0 Å². The van der Waals surface area contributed by atoms with Crippen molar-refractivity contribution in [3.8, 4) is 11.6 Å². The Bertz CT molecular complexity index is 764. The van der Waals surface area contributed by atoms with Crippen LogP contribution in [-0.2, 0) is 0 Å². The van der Waals surface area contributed by atoms with Gasteiger partial charge in [-0.3, -0.25) is 0 Å². The maximum absolute atomic E-state index is 10.8. The van der Waals surface area contributed by atoms with Crippen molar-refractivity contribution < 1.29 is 14.6 Å². The molecule has 0 radical (unpaired) electrons. The minimum Gasteiger partial charge on any atom is -0.478 e. The minimum atomic E-state index is -0.968. The summed E-state index contributed by atoms with van der Waals surface area (Å²) in [5.74, 6) is 0.00145. The number of rotatable bonds is 3. The number of ether oxygens (including phenoxy) is 1. The molecule has 2 aromatic carbocycles. The first-order valence-corrected chi connectivity index (χ1v) is 5.95. The second-order valence-corrected chi connectivity index (χ2v) is 4.13. The van der Waals surface area contributed by atoms with Crippen molar-refractivity contribution >= 4 is 16.9 Å². The Balaban J connectivity index is 1.95. The molecule has 5 nitrogen and oxygen atoms in total. The molecule has 3 aromatic rings. The lowest BCUT2D eigenvalue weighted by molar-refractivity contribution is 0.0697. The zero-order valence-corrected chi connectivity index (χ0v) is 10.4. The zero-order valence-electron chi connectivity index (χ0n) is 10.4. The average Bonchev–Trinajstić information content (AvgIpc) is 2.48. The number of carboxylic acid groups (broad SMARTS) is 1. The number of aromatic nitrogens is 2. The van der Waals surface area contributed by atoms with E-state index in [1.807, 2.05) is 24.3 Å². The van der Waals surface area contributed by atoms with Gasteiger partial charge in [0.2, 0.25) is 5.88 Å². The molecule has 0 aliphatic rings. The molecule has 1 N–H and O–H groups in total. The van der Waals surface area contributed by atoms with Gasteiger partial charge in [-0.05, 0) is 36.4 Å². The fourth-order valence-electron chi connectivity index (χ4n) is 1.84. The minimum absolute atomic E-state index is 0.213. The third-order valence-electron chi connectivity index (χ3n) is 2.82. The molecule has 1 aromatic heterocycles. The molecule has 0 fully saturated rings. The molecule has 20 heavy (non-hydrogen) atoms. The van der Waals surface area contributed by atoms with E-state index in [4.69, 9.17) is 9.84 Å². The molecule has 0 saturated heterocycles. The summed E-state index contributed by atoms with van der Waals surface area (Å²) in [7, 11) is 0. The molecule has 0 spiro atoms. The third-order valence-corrected chi connectivity index (χ3v) is 2.82. The molecular formula is C15H10N2O3. The molecule has 0 aliphatic heterocycles. The fraction of sp³-hybridized carbons (Fsp3) is 0. The van der Waals surface area contributed by atoms with Gasteiger partial charge in [-0.15, -0.1) is 0 Å². The fourth-order valence-corrected chi connectivity index (χ4v) is 1.84. The van der Waals surface area contributed by atoms with Crippen molar-refractivity contribution in [2.75, 3.05) is 0 Å². The summed E-state index contributed by atoms with van der Waals surface area (Å²) in [5, 5.41) is 9.65. The number of para-hydroxylation sites is 1. The number of hydrogen-bond acceptors (Lipinski definition) is 4. The maximum Gasteiger partial charge on any atom is 0.335 e. The smallest absolute Gasteiger partial charge is 0.335 e. The standard InChI is InChI=1S/C15H10N2O3/c18-15(19)10-5-7-11(8-6-10)20-14-12-3-1-2-4-13(12)16-9-17-14/h1-9H,(H,18,19). The summed E-state index contributed by atoms with van der Waals surface area (Å²) in [4.78, 5) is 19.0. The lowest BCUT2D eigenvalue weighted by Crippen LogP contribution is -1.96. The summed E-state index contributed by atoms with van der Waals surface area (Å²) >= 11 is 0. The summed E-state index contributed by atoms with van der Waals surface area (Å²) in [6.45, 7) is 0. The highest BCUT2D eigenvalue weighted by molar-refractivity contribution is 5.87. The number of nitrogens with zero attached hydrogens (tertiary/aromatic N) is 2. The van der Waals surface area contributed by atoms with Crippen LogP contribution in [0.2, 0.25) is 0 Å². The van der Waals surface area contributed by atoms with Gasteiger partial charge in [0.15, 0.2) is 0 Å². The van der Waals surface area contributed by atoms with Crippen LogP contribution in [0.4, 0.5) is 0 Å². The van der Waals surface area contributed by atoms with Gasteiger partial charge in [0.05, 0.1) is 16.5 Å². The van der Waals surface area contributed by atoms with E-state index in [-0.39, 0.29) is 5.56 Å². The third kappa shape index (κ3) is 2.29. The van der Waals surface area contributed by atoms with Gasteiger partial charge in [0, 0.05) is 0 Å². The zero-order chi connectivity index (χ0) is 13.9. The summed E-state index contributed by atoms with van der Waals surface area (Å²) < 4.78 is 5.68. The lowest BCUT2D eigenvalue weighted by atomic mass is 10.2. The Hall–Kier alpha value is -2.95. The number of benzene rings is 2. The van der Waals surface area contributed by atoms with Crippen molar-refractivity contribution in [1.82, 2.24) is 9.97 Å². The summed E-state index contributed by atoms with van der Waals surface area (Å²) in [5.41, 5.74) is 1.00. The number of aromatic carboxylic acids is 1. The molecule has 5 heteroatoms. The van der Waals surface area contributed by atoms with Gasteiger partial charge >= 0.3 is 5.97 Å². The first-order valence-electron chi connectivity index (χ1n) is 5.95. The van der Waals surface area contributed by atoms with E-state index in [0.29, 0.717) is 11.6 Å². The predicted octanol–water partition coefficient (Wildman–Crippen LogP) is 3.12. The van der Waals surface area contributed by atoms with Crippen molar-refractivity contribution in [2.45, 2.75) is 0 Å². The van der Waals surface area contributed by atoms with Gasteiger partial charge in [-0.1, -0.05) is 12.1 Å². The van der Waals surface area contributed by atoms with E-state index >= 15 is 0 Å². The van der Waals surface area contributed by atoms with E-state index in [0.717, 1.165) is 10.9 Å². The maximum atomic E-state index is 10.8. The number of carbonyl (C=O) groups is 1. The average molecular weight is 266 g/mol. The first-order chi connectivity index (χ1) is 9.74. The molecule has 0 unspecified atom stereocenters. The SMILES string of the molecule is O=C(O)c1ccc(Oc2ncnc3ccccc23)cc1. The van der Waals surface area contributed by atoms with E-state index < -0.39 is 5.97 Å². The predicted molar refractivity (Wildman–Crippen MR) is 73.0 cm³/mol. The molecule has 3 rings (SSSR count). The molecular weight excluding hydrogens is 256 g/mol. The topological polar surface area (TPSA) is 72.3 Å². The molecule has 1 heterocycles. The Morgan fingerprint density at radius 2 is 1.75 bits per heavy atom. The van der Waals surface area contributed by atoms with Crippen molar-refractivity contribution in [3.63, 3.8) is 0 Å². The Morgan fingerprint density at radius 1 is 1.00 bits per heavy atom. The van der Waals surface area contributed by atoms with E-state index in [2.05, 4.69) is 9.97 Å². The van der Waals surface area contributed by atoms with Crippen LogP contribution in [0.1, 0.15) is 10.4 Å². The van der Waals surface area contributed by atoms with E-state index in [9.17, 15) is 4.79 Å². The monoisotopic (exact) mass is 266 g/mol. The van der Waals surface area contributed by atoms with Crippen molar-refractivity contribution in [2.24, 2.45) is 0 Å². The quantitative estimate of drug-likeness (QED) is 0.788. The second-order valence-electron chi connectivity index (χ2n) is 4.13. The van der Waals surface area contributed by atoms with Gasteiger partial charge < -0.3 is 9.84 Å². The van der Waals surface area contributed by atoms with Crippen LogP contribution < -0.4 is 4.74 Å². The van der Waals surface area contributed by atoms with Crippen molar-refractivity contribution in [3.05, 3.63) is 60.4 Å². The van der Waals surface area contributed by atoms with Gasteiger partial charge in [0.1, 0.15) is 12.1 Å². The van der Waals surface area contributed by atoms with Gasteiger partial charge in [-0.2, -0.15) is 0 Å². The molecule has 0 amide bonds. The molecule has 98 valence electrons. The van der Waals surface area contributed by atoms with E-state index in [1.165, 1.54) is 18.5 Å². The van der Waals surface area contributed by atoms with Crippen LogP contribution in [-0.4, -0.2) is 21.0 Å². The normalized spacial score (nSPS) is 10.4. The van der Waals surface area contributed by atoms with Crippen molar-refractivity contribution in [1.29, 1.82) is 0 Å². The Morgan fingerprint density at radius 3 is 2.50 bits per heavy atom. The Kier molecular flexibility index (Phi) is 3.01. The van der Waals surface area contributed by atoms with Crippen LogP contribution in [0, 0.1) is 0 Å². The summed E-state index contributed by atoms with van der Waals surface area (Å²) in [6, 6.07) is 13.7. The lowest BCUT2D eigenvalue weighted by Gasteiger charge is -2.07.